The Bertz CT molecular complexity index is 5310. The summed E-state index contributed by atoms with van der Waals surface area (Å²) < 4.78 is 48.7. The molecule has 27 heteroatoms. The zero-order chi connectivity index (χ0) is 76.5. The second kappa shape index (κ2) is 30.9. The van der Waals surface area contributed by atoms with Gasteiger partial charge in [0.1, 0.15) is 28.5 Å². The molecule has 23 nitrogen and oxygen atoms in total. The lowest BCUT2D eigenvalue weighted by atomic mass is 9.99. The molecule has 0 spiro atoms. The van der Waals surface area contributed by atoms with E-state index in [2.05, 4.69) is 113 Å². The first kappa shape index (κ1) is 73.8. The molecule has 10 heterocycles. The van der Waals surface area contributed by atoms with Crippen molar-refractivity contribution in [2.45, 2.75) is 130 Å². The number of carboxylic acid groups (broad SMARTS) is 4. The number of benzene rings is 6. The topological polar surface area (TPSA) is 322 Å². The van der Waals surface area contributed by atoms with Crippen LogP contribution in [0.5, 0.6) is 0 Å². The minimum absolute atomic E-state index is 0.00898. The normalized spacial score (nSPS) is 11.7. The summed E-state index contributed by atoms with van der Waals surface area (Å²) >= 11 is 6.09. The van der Waals surface area contributed by atoms with Gasteiger partial charge in [-0.15, -0.1) is 0 Å². The van der Waals surface area contributed by atoms with Gasteiger partial charge in [-0.05, 0) is 188 Å². The predicted molar refractivity (Wildman–Crippen MR) is 410 cm³/mol. The zero-order valence-electron chi connectivity index (χ0n) is 60.3. The van der Waals surface area contributed by atoms with E-state index in [1.807, 2.05) is 60.9 Å². The number of carboxylic acids is 4. The summed E-state index contributed by atoms with van der Waals surface area (Å²) in [6, 6.07) is 36.8. The molecule has 0 unspecified atom stereocenters. The van der Waals surface area contributed by atoms with Crippen LogP contribution in [0.4, 0.5) is 13.2 Å². The number of H-pyrrole nitrogens is 4. The quantitative estimate of drug-likeness (QED) is 0.0352. The number of nitrogens with zero attached hydrogens (tertiary/aromatic N) is 11. The number of hydrogen-bond donors (Lipinski definition) is 8. The molecule has 552 valence electrons. The molecule has 0 saturated heterocycles. The van der Waals surface area contributed by atoms with Crippen LogP contribution in [0.15, 0.2) is 152 Å². The number of pyridine rings is 1. The van der Waals surface area contributed by atoms with Crippen LogP contribution in [-0.4, -0.2) is 118 Å². The number of rotatable bonds is 20. The lowest BCUT2D eigenvalue weighted by Gasteiger charge is -2.15. The summed E-state index contributed by atoms with van der Waals surface area (Å²) in [7, 11) is 0. The van der Waals surface area contributed by atoms with Gasteiger partial charge in [-0.3, -0.25) is 44.1 Å². The van der Waals surface area contributed by atoms with Gasteiger partial charge in [0, 0.05) is 114 Å². The van der Waals surface area contributed by atoms with Gasteiger partial charge in [-0.25, -0.2) is 28.1 Å². The summed E-state index contributed by atoms with van der Waals surface area (Å²) in [5, 5.41) is 70.3. The number of aromatic nitrogens is 15. The lowest BCUT2D eigenvalue weighted by molar-refractivity contribution is -0.138. The van der Waals surface area contributed by atoms with E-state index in [9.17, 15) is 47.7 Å². The standard InChI is InChI=1S/C21H20ClN3O2.C21H20FN3O2.C20H19FN4O2.C19H18FN5O2/c2*1-12(2)21-16(7-8-20(26)27)17-10-18-13(11-23-24-18)9-19(17)25(21)15-5-3-14(22)4-6-15;1-11(2)19-15(7-8-17(26)27)18-16(9-12-10-22-24-20(12)23-18)25(19)14-5-3-13(21)4-6-14;1-10(2)17-13(7-8-15(26)27)16-19(22-14-9-21-24-18(14)23-16)25(17)12-5-3-11(20)4-6-12/h2*3-6,9-12H,7-8H2,1-2H3,(H,23,24)(H,26,27);3-6,9-11H,7-8H2,1-2H3,(H,26,27)(H,22,23,24);3-6,9-10H,7-8H2,1-2H3,(H,26,27)(H,21,23,24). The monoisotopic (exact) mass is 1480 g/mol. The van der Waals surface area contributed by atoms with Gasteiger partial charge in [-0.1, -0.05) is 67.0 Å². The van der Waals surface area contributed by atoms with E-state index in [0.717, 1.165) is 128 Å². The van der Waals surface area contributed by atoms with Crippen molar-refractivity contribution in [2.75, 3.05) is 0 Å². The Hall–Kier alpha value is -12.5. The molecule has 6 aromatic carbocycles. The van der Waals surface area contributed by atoms with Crippen LogP contribution in [0.3, 0.4) is 0 Å². The van der Waals surface area contributed by atoms with E-state index < -0.39 is 23.9 Å². The smallest absolute Gasteiger partial charge is 0.303 e. The first-order valence-electron chi connectivity index (χ1n) is 35.3. The summed E-state index contributed by atoms with van der Waals surface area (Å²) in [6.45, 7) is 16.6. The highest BCUT2D eigenvalue weighted by molar-refractivity contribution is 6.30. The Kier molecular flexibility index (Phi) is 21.2. The Labute approximate surface area is 620 Å². The van der Waals surface area contributed by atoms with Crippen molar-refractivity contribution in [1.82, 2.24) is 74.0 Å². The molecular weight excluding hydrogens is 1400 g/mol. The molecule has 108 heavy (non-hydrogen) atoms. The number of nitrogens with one attached hydrogen (secondary N) is 4. The molecule has 0 saturated carbocycles. The predicted octanol–water partition coefficient (Wildman–Crippen LogP) is 17.8. The van der Waals surface area contributed by atoms with Gasteiger partial charge in [0.15, 0.2) is 16.9 Å². The van der Waals surface area contributed by atoms with Crippen LogP contribution < -0.4 is 0 Å². The van der Waals surface area contributed by atoms with E-state index in [1.54, 1.807) is 61.2 Å². The van der Waals surface area contributed by atoms with Crippen LogP contribution in [0.2, 0.25) is 5.02 Å². The van der Waals surface area contributed by atoms with Crippen molar-refractivity contribution >= 4 is 123 Å². The number of aliphatic carboxylic acids is 4. The van der Waals surface area contributed by atoms with Crippen molar-refractivity contribution in [1.29, 1.82) is 0 Å². The van der Waals surface area contributed by atoms with E-state index in [-0.39, 0.29) is 66.8 Å². The maximum Gasteiger partial charge on any atom is 0.303 e. The van der Waals surface area contributed by atoms with Crippen molar-refractivity contribution in [3.05, 3.63) is 220 Å². The fourth-order valence-corrected chi connectivity index (χ4v) is 14.7. The molecule has 0 radical (unpaired) electrons. The third-order valence-corrected chi connectivity index (χ3v) is 19.3. The van der Waals surface area contributed by atoms with Gasteiger partial charge in [0.2, 0.25) is 0 Å². The van der Waals surface area contributed by atoms with Crippen molar-refractivity contribution in [2.24, 2.45) is 0 Å². The molecule has 8 N–H and O–H groups in total. The molecule has 0 aliphatic rings. The molecular formula is C81H77ClF3N15O8. The summed E-state index contributed by atoms with van der Waals surface area (Å²) in [4.78, 5) is 58.9. The minimum atomic E-state index is -0.872. The van der Waals surface area contributed by atoms with Gasteiger partial charge in [-0.2, -0.15) is 20.4 Å². The number of halogens is 4. The lowest BCUT2D eigenvalue weighted by Crippen LogP contribution is -2.06. The molecule has 0 aliphatic carbocycles. The average molecular weight is 1480 g/mol. The molecule has 10 aromatic heterocycles. The van der Waals surface area contributed by atoms with E-state index in [0.29, 0.717) is 58.7 Å². The maximum atomic E-state index is 13.5. The molecule has 0 aliphatic heterocycles. The summed E-state index contributed by atoms with van der Waals surface area (Å²) in [5.41, 5.74) is 19.9. The van der Waals surface area contributed by atoms with E-state index in [1.165, 1.54) is 36.4 Å². The van der Waals surface area contributed by atoms with Crippen molar-refractivity contribution < 1.29 is 52.8 Å². The van der Waals surface area contributed by atoms with Crippen molar-refractivity contribution in [3.8, 4) is 22.7 Å². The fourth-order valence-electron chi connectivity index (χ4n) is 14.6. The number of aromatic amines is 4. The average Bonchev–Trinajstić information content (AvgIpc) is 1.61. The molecule has 16 rings (SSSR count). The highest BCUT2D eigenvalue weighted by atomic mass is 35.5. The first-order valence-corrected chi connectivity index (χ1v) is 35.7. The van der Waals surface area contributed by atoms with Crippen LogP contribution in [0, 0.1) is 17.5 Å². The second-order valence-electron chi connectivity index (χ2n) is 27.7. The second-order valence-corrected chi connectivity index (χ2v) is 28.1. The van der Waals surface area contributed by atoms with Gasteiger partial charge >= 0.3 is 23.9 Å². The molecule has 0 amide bonds. The molecule has 16 aromatic rings. The van der Waals surface area contributed by atoms with E-state index in [4.69, 9.17) is 26.7 Å². The molecule has 0 bridgehead atoms. The summed E-state index contributed by atoms with van der Waals surface area (Å²) in [5.74, 6) is -3.64. The van der Waals surface area contributed by atoms with Crippen LogP contribution in [-0.2, 0) is 44.9 Å². The zero-order valence-corrected chi connectivity index (χ0v) is 61.0. The van der Waals surface area contributed by atoms with Crippen LogP contribution in [0.25, 0.3) is 111 Å². The first-order chi connectivity index (χ1) is 51.8. The van der Waals surface area contributed by atoms with Crippen LogP contribution >= 0.6 is 11.6 Å². The third kappa shape index (κ3) is 14.9. The Morgan fingerprint density at radius 2 is 0.722 bits per heavy atom. The number of fused-ring (bicyclic) bond motifs is 8. The minimum Gasteiger partial charge on any atom is -0.481 e. The highest BCUT2D eigenvalue weighted by Gasteiger charge is 2.28. The van der Waals surface area contributed by atoms with Gasteiger partial charge in [0.25, 0.3) is 0 Å². The Morgan fingerprint density at radius 1 is 0.389 bits per heavy atom. The Balaban J connectivity index is 0.000000127. The number of aryl methyl sites for hydroxylation is 4. The van der Waals surface area contributed by atoms with Gasteiger partial charge in [0.05, 0.1) is 57.9 Å². The SMILES string of the molecule is CC(C)c1c(CCC(=O)O)c2cc3[nH]ncc3cc2n1-c1ccc(Cl)cc1.CC(C)c1c(CCC(=O)O)c2cc3[nH]ncc3cc2n1-c1ccc(F)cc1.CC(C)c1c(CCC(=O)O)c2nc3[nH]ncc3cc2n1-c1ccc(F)cc1.CC(C)c1c(CCC(=O)O)c2nc3[nH]ncc3nc2n1-c1ccc(F)cc1. The maximum absolute atomic E-state index is 13.5. The number of hydrogen-bond acceptors (Lipinski definition) is 11. The molecule has 0 fully saturated rings. The van der Waals surface area contributed by atoms with Crippen LogP contribution in [0.1, 0.15) is 150 Å². The highest BCUT2D eigenvalue weighted by Crippen LogP contribution is 2.41. The van der Waals surface area contributed by atoms with Gasteiger partial charge < -0.3 is 34.1 Å². The van der Waals surface area contributed by atoms with Crippen molar-refractivity contribution in [3.63, 3.8) is 0 Å². The largest absolute Gasteiger partial charge is 0.481 e. The Morgan fingerprint density at radius 3 is 1.16 bits per heavy atom. The number of carbonyl (C=O) groups is 4. The third-order valence-electron chi connectivity index (χ3n) is 19.0. The summed E-state index contributed by atoms with van der Waals surface area (Å²) in [6.07, 6.45) is 8.67. The van der Waals surface area contributed by atoms with E-state index >= 15 is 0 Å². The molecule has 0 atom stereocenters. The fraction of sp³-hybridized carbons (Fsp3) is 0.247.